The number of aliphatic hydroxyl groups excluding tert-OH is 1. The SMILES string of the molecule is C=CCOC(=O)[C@H]1[C@H]2C(=O)N([C@@H](CO)C(C)C)C(C(=O)N(CC=C)c3c(C)cccc3C)C23CC[C@]1(CC)O3. The van der Waals surface area contributed by atoms with E-state index in [2.05, 4.69) is 13.2 Å². The summed E-state index contributed by atoms with van der Waals surface area (Å²) >= 11 is 0. The van der Waals surface area contributed by atoms with Crippen LogP contribution in [0.2, 0.25) is 0 Å². The Hall–Kier alpha value is -2.97. The van der Waals surface area contributed by atoms with Crippen LogP contribution in [-0.4, -0.2) is 70.8 Å². The van der Waals surface area contributed by atoms with Crippen LogP contribution in [0.25, 0.3) is 0 Å². The minimum absolute atomic E-state index is 0.0278. The molecule has 0 saturated carbocycles. The van der Waals surface area contributed by atoms with Crippen molar-refractivity contribution in [1.29, 1.82) is 0 Å². The molecule has 2 amide bonds. The van der Waals surface area contributed by atoms with Crippen molar-refractivity contribution in [3.63, 3.8) is 0 Å². The molecular weight excluding hydrogens is 496 g/mol. The van der Waals surface area contributed by atoms with Crippen molar-refractivity contribution in [3.8, 4) is 0 Å². The van der Waals surface area contributed by atoms with E-state index in [0.717, 1.165) is 16.8 Å². The number of aliphatic hydroxyl groups is 1. The molecule has 1 aromatic carbocycles. The molecule has 1 spiro atoms. The lowest BCUT2D eigenvalue weighted by Gasteiger charge is -2.41. The summed E-state index contributed by atoms with van der Waals surface area (Å²) < 4.78 is 12.3. The van der Waals surface area contributed by atoms with Crippen molar-refractivity contribution in [2.75, 3.05) is 24.7 Å². The first-order valence-electron chi connectivity index (χ1n) is 13.9. The number of likely N-dealkylation sites (tertiary alicyclic amines) is 1. The van der Waals surface area contributed by atoms with Gasteiger partial charge in [-0.15, -0.1) is 6.58 Å². The molecule has 8 nitrogen and oxygen atoms in total. The fraction of sp³-hybridized carbons (Fsp3) is 0.581. The van der Waals surface area contributed by atoms with E-state index in [4.69, 9.17) is 9.47 Å². The second-order valence-electron chi connectivity index (χ2n) is 11.5. The van der Waals surface area contributed by atoms with Gasteiger partial charge < -0.3 is 24.4 Å². The van der Waals surface area contributed by atoms with E-state index < -0.39 is 41.1 Å². The number of rotatable bonds is 11. The quantitative estimate of drug-likeness (QED) is 0.341. The van der Waals surface area contributed by atoms with Crippen LogP contribution in [-0.2, 0) is 23.9 Å². The summed E-state index contributed by atoms with van der Waals surface area (Å²) in [6, 6.07) is 4.20. The largest absolute Gasteiger partial charge is 0.461 e. The van der Waals surface area contributed by atoms with Crippen LogP contribution >= 0.6 is 0 Å². The number of ether oxygens (including phenoxy) is 2. The molecule has 3 heterocycles. The minimum Gasteiger partial charge on any atom is -0.461 e. The summed E-state index contributed by atoms with van der Waals surface area (Å²) in [5, 5.41) is 10.5. The number of aryl methyl sites for hydroxylation is 2. The van der Waals surface area contributed by atoms with Gasteiger partial charge in [0.15, 0.2) is 0 Å². The number of carbonyl (C=O) groups excluding carboxylic acids is 3. The van der Waals surface area contributed by atoms with Crippen molar-refractivity contribution in [2.24, 2.45) is 17.8 Å². The van der Waals surface area contributed by atoms with Crippen LogP contribution < -0.4 is 4.90 Å². The Labute approximate surface area is 231 Å². The first kappa shape index (κ1) is 29.0. The topological polar surface area (TPSA) is 96.4 Å². The molecule has 1 aromatic rings. The molecule has 1 N–H and O–H groups in total. The number of anilines is 1. The maximum Gasteiger partial charge on any atom is 0.313 e. The van der Waals surface area contributed by atoms with Gasteiger partial charge in [0.05, 0.1) is 24.2 Å². The van der Waals surface area contributed by atoms with E-state index in [1.165, 1.54) is 11.0 Å². The van der Waals surface area contributed by atoms with Gasteiger partial charge in [-0.05, 0) is 50.2 Å². The first-order valence-corrected chi connectivity index (χ1v) is 13.9. The van der Waals surface area contributed by atoms with Crippen molar-refractivity contribution in [1.82, 2.24) is 4.90 Å². The number of amides is 2. The third-order valence-electron chi connectivity index (χ3n) is 9.05. The van der Waals surface area contributed by atoms with Gasteiger partial charge in [-0.1, -0.05) is 57.7 Å². The summed E-state index contributed by atoms with van der Waals surface area (Å²) in [5.41, 5.74) is 0.507. The number of hydrogen-bond donors (Lipinski definition) is 1. The summed E-state index contributed by atoms with van der Waals surface area (Å²) in [7, 11) is 0. The number of nitrogens with zero attached hydrogens (tertiary/aromatic N) is 2. The van der Waals surface area contributed by atoms with Crippen LogP contribution in [0.5, 0.6) is 0 Å². The Bertz CT molecular complexity index is 1140. The summed E-state index contributed by atoms with van der Waals surface area (Å²) in [5.74, 6) is -3.00. The third-order valence-corrected chi connectivity index (χ3v) is 9.05. The summed E-state index contributed by atoms with van der Waals surface area (Å²) in [4.78, 5) is 45.9. The minimum atomic E-state index is -1.21. The molecule has 2 unspecified atom stereocenters. The zero-order valence-electron chi connectivity index (χ0n) is 23.8. The molecule has 4 rings (SSSR count). The lowest BCUT2D eigenvalue weighted by atomic mass is 9.65. The third kappa shape index (κ3) is 4.32. The molecule has 3 aliphatic rings. The molecule has 0 radical (unpaired) electrons. The highest BCUT2D eigenvalue weighted by atomic mass is 16.6. The van der Waals surface area contributed by atoms with Crippen LogP contribution in [0.15, 0.2) is 43.5 Å². The predicted octanol–water partition coefficient (Wildman–Crippen LogP) is 3.72. The predicted molar refractivity (Wildman–Crippen MR) is 149 cm³/mol. The second kappa shape index (κ2) is 10.9. The average Bonchev–Trinajstić information content (AvgIpc) is 3.50. The smallest absolute Gasteiger partial charge is 0.313 e. The summed E-state index contributed by atoms with van der Waals surface area (Å²) in [6.07, 6.45) is 4.67. The van der Waals surface area contributed by atoms with Gasteiger partial charge in [0, 0.05) is 12.2 Å². The van der Waals surface area contributed by atoms with E-state index in [9.17, 15) is 19.5 Å². The first-order chi connectivity index (χ1) is 18.5. The lowest BCUT2D eigenvalue weighted by Crippen LogP contribution is -2.60. The number of carbonyl (C=O) groups is 3. The van der Waals surface area contributed by atoms with Crippen molar-refractivity contribution < 1.29 is 29.0 Å². The van der Waals surface area contributed by atoms with Gasteiger partial charge in [0.25, 0.3) is 5.91 Å². The van der Waals surface area contributed by atoms with Gasteiger partial charge in [-0.25, -0.2) is 0 Å². The van der Waals surface area contributed by atoms with Gasteiger partial charge in [-0.2, -0.15) is 0 Å². The van der Waals surface area contributed by atoms with Crippen molar-refractivity contribution >= 4 is 23.5 Å². The Kier molecular flexibility index (Phi) is 8.11. The van der Waals surface area contributed by atoms with Crippen molar-refractivity contribution in [3.05, 3.63) is 54.6 Å². The zero-order chi connectivity index (χ0) is 28.7. The second-order valence-corrected chi connectivity index (χ2v) is 11.5. The molecule has 3 aliphatic heterocycles. The Balaban J connectivity index is 1.90. The number of para-hydroxylation sites is 1. The Morgan fingerprint density at radius 2 is 1.90 bits per heavy atom. The molecule has 2 bridgehead atoms. The average molecular weight is 539 g/mol. The molecule has 6 atom stereocenters. The molecule has 0 aliphatic carbocycles. The maximum atomic E-state index is 14.8. The summed E-state index contributed by atoms with van der Waals surface area (Å²) in [6.45, 7) is 17.1. The van der Waals surface area contributed by atoms with Gasteiger partial charge in [0.2, 0.25) is 5.91 Å². The normalized spacial score (nSPS) is 29.9. The van der Waals surface area contributed by atoms with Crippen LogP contribution in [0.4, 0.5) is 5.69 Å². The molecule has 39 heavy (non-hydrogen) atoms. The molecule has 3 saturated heterocycles. The molecule has 212 valence electrons. The van der Waals surface area contributed by atoms with E-state index in [-0.39, 0.29) is 37.5 Å². The number of fused-ring (bicyclic) bond motifs is 1. The van der Waals surface area contributed by atoms with Crippen LogP contribution in [0, 0.1) is 31.6 Å². The lowest BCUT2D eigenvalue weighted by molar-refractivity contribution is -0.161. The molecule has 8 heteroatoms. The fourth-order valence-electron chi connectivity index (χ4n) is 7.30. The van der Waals surface area contributed by atoms with Gasteiger partial charge in [-0.3, -0.25) is 14.4 Å². The zero-order valence-corrected chi connectivity index (χ0v) is 23.8. The number of benzene rings is 1. The highest BCUT2D eigenvalue weighted by Gasteiger charge is 2.79. The maximum absolute atomic E-state index is 14.8. The van der Waals surface area contributed by atoms with Gasteiger partial charge in [0.1, 0.15) is 24.2 Å². The highest BCUT2D eigenvalue weighted by Crippen LogP contribution is 2.65. The molecular formula is C31H42N2O6. The molecule has 0 aromatic heterocycles. The van der Waals surface area contributed by atoms with Gasteiger partial charge >= 0.3 is 5.97 Å². The highest BCUT2D eigenvalue weighted by molar-refractivity contribution is 6.05. The van der Waals surface area contributed by atoms with E-state index in [1.807, 2.05) is 52.8 Å². The van der Waals surface area contributed by atoms with Crippen molar-refractivity contribution in [2.45, 2.75) is 77.2 Å². The Morgan fingerprint density at radius 3 is 2.44 bits per heavy atom. The van der Waals surface area contributed by atoms with Crippen LogP contribution in [0.1, 0.15) is 51.2 Å². The monoisotopic (exact) mass is 538 g/mol. The van der Waals surface area contributed by atoms with E-state index >= 15 is 0 Å². The Morgan fingerprint density at radius 1 is 1.23 bits per heavy atom. The van der Waals surface area contributed by atoms with E-state index in [1.54, 1.807) is 11.0 Å². The standard InChI is InChI=1S/C31H42N2O6/c1-8-16-32(25-20(6)12-11-13-21(25)7)28(36)26-31-15-14-30(10-3,39-31)24(29(37)38-17-9-2)23(31)27(35)33(26)22(18-34)19(4)5/h8-9,11-13,19,22-24,26,34H,1-2,10,14-18H2,3-7H3/t22-,23-,24+,26?,30-,31?/m0/s1. The number of hydrogen-bond acceptors (Lipinski definition) is 6. The fourth-order valence-corrected chi connectivity index (χ4v) is 7.30. The molecule has 3 fully saturated rings. The number of esters is 1. The van der Waals surface area contributed by atoms with Crippen LogP contribution in [0.3, 0.4) is 0 Å². The van der Waals surface area contributed by atoms with E-state index in [0.29, 0.717) is 19.3 Å².